The molecule has 1 unspecified atom stereocenters. The van der Waals surface area contributed by atoms with E-state index in [1.165, 1.54) is 0 Å². The lowest BCUT2D eigenvalue weighted by Crippen LogP contribution is -2.55. The maximum Gasteiger partial charge on any atom is 0.324 e. The summed E-state index contributed by atoms with van der Waals surface area (Å²) < 4.78 is 0. The minimum absolute atomic E-state index is 0.176. The number of nitrogens with zero attached hydrogens (tertiary/aromatic N) is 2. The minimum Gasteiger partial charge on any atom is -0.481 e. The smallest absolute Gasteiger partial charge is 0.324 e. The van der Waals surface area contributed by atoms with Crippen LogP contribution in [0.2, 0.25) is 0 Å². The molecule has 1 fully saturated rings. The zero-order chi connectivity index (χ0) is 13.7. The van der Waals surface area contributed by atoms with Crippen LogP contribution in [0.5, 0.6) is 0 Å². The van der Waals surface area contributed by atoms with Gasteiger partial charge in [0.2, 0.25) is 5.91 Å². The first-order valence-corrected chi connectivity index (χ1v) is 5.91. The normalized spacial score (nSPS) is 20.6. The SMILES string of the molecule is CC1CN(C(=O)NC(=O)CCC(=O)O)CCN1C. The van der Waals surface area contributed by atoms with E-state index in [1.54, 1.807) is 4.90 Å². The summed E-state index contributed by atoms with van der Waals surface area (Å²) in [6.45, 7) is 3.90. The van der Waals surface area contributed by atoms with Gasteiger partial charge in [-0.1, -0.05) is 0 Å². The van der Waals surface area contributed by atoms with Gasteiger partial charge in [0.1, 0.15) is 0 Å². The molecule has 0 aromatic heterocycles. The van der Waals surface area contributed by atoms with Gasteiger partial charge in [-0.25, -0.2) is 4.79 Å². The molecule has 1 rings (SSSR count). The van der Waals surface area contributed by atoms with Crippen LogP contribution in [0.25, 0.3) is 0 Å². The molecule has 1 heterocycles. The van der Waals surface area contributed by atoms with Gasteiger partial charge in [0, 0.05) is 32.1 Å². The Morgan fingerprint density at radius 2 is 1.94 bits per heavy atom. The number of hydrogen-bond donors (Lipinski definition) is 2. The molecule has 1 saturated heterocycles. The van der Waals surface area contributed by atoms with Gasteiger partial charge in [-0.2, -0.15) is 0 Å². The lowest BCUT2D eigenvalue weighted by molar-refractivity contribution is -0.138. The molecule has 102 valence electrons. The highest BCUT2D eigenvalue weighted by atomic mass is 16.4. The average molecular weight is 257 g/mol. The molecule has 3 amide bonds. The molecule has 0 aromatic rings. The molecule has 1 atom stereocenters. The molecular formula is C11H19N3O4. The third-order valence-corrected chi connectivity index (χ3v) is 3.06. The van der Waals surface area contributed by atoms with Gasteiger partial charge in [-0.05, 0) is 14.0 Å². The molecule has 18 heavy (non-hydrogen) atoms. The van der Waals surface area contributed by atoms with Crippen LogP contribution in [0, 0.1) is 0 Å². The van der Waals surface area contributed by atoms with Crippen molar-refractivity contribution in [3.8, 4) is 0 Å². The van der Waals surface area contributed by atoms with Crippen LogP contribution in [0.15, 0.2) is 0 Å². The number of likely N-dealkylation sites (N-methyl/N-ethyl adjacent to an activating group) is 1. The van der Waals surface area contributed by atoms with Crippen LogP contribution in [0.3, 0.4) is 0 Å². The summed E-state index contributed by atoms with van der Waals surface area (Å²) in [6, 6.07) is -0.191. The Kier molecular flexibility index (Phi) is 5.08. The molecule has 0 aromatic carbocycles. The zero-order valence-electron chi connectivity index (χ0n) is 10.7. The number of imide groups is 1. The fourth-order valence-electron chi connectivity index (χ4n) is 1.71. The van der Waals surface area contributed by atoms with Gasteiger partial charge >= 0.3 is 12.0 Å². The Hall–Kier alpha value is -1.63. The highest BCUT2D eigenvalue weighted by Gasteiger charge is 2.25. The fraction of sp³-hybridized carbons (Fsp3) is 0.727. The van der Waals surface area contributed by atoms with Crippen LogP contribution in [-0.4, -0.2) is 65.5 Å². The molecule has 2 N–H and O–H groups in total. The first-order chi connectivity index (χ1) is 8.40. The minimum atomic E-state index is -1.05. The number of urea groups is 1. The maximum absolute atomic E-state index is 11.7. The number of piperazine rings is 1. The Balaban J connectivity index is 2.36. The first kappa shape index (κ1) is 14.4. The van der Waals surface area contributed by atoms with E-state index in [1.807, 2.05) is 14.0 Å². The van der Waals surface area contributed by atoms with Gasteiger partial charge in [0.15, 0.2) is 0 Å². The summed E-state index contributed by atoms with van der Waals surface area (Å²) in [5.74, 6) is -1.60. The number of rotatable bonds is 3. The van der Waals surface area contributed by atoms with Gasteiger partial charge in [-0.3, -0.25) is 14.9 Å². The average Bonchev–Trinajstić information content (AvgIpc) is 2.30. The van der Waals surface area contributed by atoms with Crippen LogP contribution >= 0.6 is 0 Å². The Morgan fingerprint density at radius 1 is 1.28 bits per heavy atom. The Bertz CT molecular complexity index is 345. The van der Waals surface area contributed by atoms with Crippen LogP contribution in [0.4, 0.5) is 4.79 Å². The summed E-state index contributed by atoms with van der Waals surface area (Å²) in [7, 11) is 1.98. The van der Waals surface area contributed by atoms with E-state index >= 15 is 0 Å². The quantitative estimate of drug-likeness (QED) is 0.726. The summed E-state index contributed by atoms with van der Waals surface area (Å²) in [4.78, 5) is 37.0. The van der Waals surface area contributed by atoms with Crippen LogP contribution in [0.1, 0.15) is 19.8 Å². The maximum atomic E-state index is 11.7. The van der Waals surface area contributed by atoms with Crippen LogP contribution < -0.4 is 5.32 Å². The molecule has 7 nitrogen and oxygen atoms in total. The second kappa shape index (κ2) is 6.34. The number of carboxylic acids is 1. The van der Waals surface area contributed by atoms with Crippen LogP contribution in [-0.2, 0) is 9.59 Å². The molecule has 1 aliphatic rings. The third kappa shape index (κ3) is 4.33. The van der Waals surface area contributed by atoms with Gasteiger partial charge < -0.3 is 14.9 Å². The predicted molar refractivity (Wildman–Crippen MR) is 64.1 cm³/mol. The number of hydrogen-bond acceptors (Lipinski definition) is 4. The number of aliphatic carboxylic acids is 1. The number of amides is 3. The summed E-state index contributed by atoms with van der Waals surface area (Å²) in [5, 5.41) is 10.6. The van der Waals surface area contributed by atoms with E-state index in [-0.39, 0.29) is 18.9 Å². The number of nitrogens with one attached hydrogen (secondary N) is 1. The summed E-state index contributed by atoms with van der Waals surface area (Å²) in [5.41, 5.74) is 0. The largest absolute Gasteiger partial charge is 0.481 e. The van der Waals surface area contributed by atoms with Crippen molar-refractivity contribution in [3.63, 3.8) is 0 Å². The second-order valence-corrected chi connectivity index (χ2v) is 4.52. The fourth-order valence-corrected chi connectivity index (χ4v) is 1.71. The van der Waals surface area contributed by atoms with Gasteiger partial charge in [-0.15, -0.1) is 0 Å². The second-order valence-electron chi connectivity index (χ2n) is 4.52. The molecule has 0 saturated carbocycles. The predicted octanol–water partition coefficient (Wildman–Crippen LogP) is -0.277. The highest BCUT2D eigenvalue weighted by Crippen LogP contribution is 2.06. The molecule has 0 aliphatic carbocycles. The lowest BCUT2D eigenvalue weighted by atomic mass is 10.2. The van der Waals surface area contributed by atoms with Crippen molar-refractivity contribution >= 4 is 17.9 Å². The zero-order valence-corrected chi connectivity index (χ0v) is 10.7. The summed E-state index contributed by atoms with van der Waals surface area (Å²) in [6.07, 6.45) is -0.442. The van der Waals surface area contributed by atoms with Crippen molar-refractivity contribution in [2.45, 2.75) is 25.8 Å². The lowest BCUT2D eigenvalue weighted by Gasteiger charge is -2.37. The third-order valence-electron chi connectivity index (χ3n) is 3.06. The molecule has 1 aliphatic heterocycles. The standard InChI is InChI=1S/C11H19N3O4/c1-8-7-14(6-5-13(8)2)11(18)12-9(15)3-4-10(16)17/h8H,3-7H2,1-2H3,(H,16,17)(H,12,15,18). The van der Waals surface area contributed by atoms with E-state index in [0.29, 0.717) is 13.1 Å². The molecule has 0 spiro atoms. The Labute approximate surface area is 106 Å². The van der Waals surface area contributed by atoms with Gasteiger partial charge in [0.25, 0.3) is 0 Å². The molecule has 7 heteroatoms. The van der Waals surface area contributed by atoms with E-state index in [9.17, 15) is 14.4 Å². The monoisotopic (exact) mass is 257 g/mol. The number of carbonyl (C=O) groups is 3. The molecular weight excluding hydrogens is 238 g/mol. The number of carboxylic acid groups (broad SMARTS) is 1. The van der Waals surface area contributed by atoms with E-state index < -0.39 is 17.9 Å². The van der Waals surface area contributed by atoms with E-state index in [0.717, 1.165) is 6.54 Å². The van der Waals surface area contributed by atoms with Crippen molar-refractivity contribution < 1.29 is 19.5 Å². The van der Waals surface area contributed by atoms with Crippen molar-refractivity contribution in [1.29, 1.82) is 0 Å². The van der Waals surface area contributed by atoms with E-state index in [2.05, 4.69) is 10.2 Å². The molecule has 0 bridgehead atoms. The van der Waals surface area contributed by atoms with E-state index in [4.69, 9.17) is 5.11 Å². The highest BCUT2D eigenvalue weighted by molar-refractivity contribution is 5.95. The van der Waals surface area contributed by atoms with Crippen molar-refractivity contribution in [2.24, 2.45) is 0 Å². The Morgan fingerprint density at radius 3 is 2.50 bits per heavy atom. The van der Waals surface area contributed by atoms with Crippen molar-refractivity contribution in [3.05, 3.63) is 0 Å². The first-order valence-electron chi connectivity index (χ1n) is 5.91. The van der Waals surface area contributed by atoms with Crippen molar-refractivity contribution in [1.82, 2.24) is 15.1 Å². The number of carbonyl (C=O) groups excluding carboxylic acids is 2. The topological polar surface area (TPSA) is 90.0 Å². The van der Waals surface area contributed by atoms with Crippen molar-refractivity contribution in [2.75, 3.05) is 26.7 Å². The molecule has 0 radical (unpaired) electrons. The van der Waals surface area contributed by atoms with Gasteiger partial charge in [0.05, 0.1) is 6.42 Å². The summed E-state index contributed by atoms with van der Waals surface area (Å²) >= 11 is 0.